The first-order valence-corrected chi connectivity index (χ1v) is 7.16. The molecule has 0 aliphatic heterocycles. The SMILES string of the molecule is C/C=c1/c(=O)c2ccccc2[nH]/c1=C/[C@H]1C(C)CC1N. The van der Waals surface area contributed by atoms with Crippen molar-refractivity contribution in [1.82, 2.24) is 4.98 Å². The van der Waals surface area contributed by atoms with Crippen molar-refractivity contribution in [3.8, 4) is 0 Å². The monoisotopic (exact) mass is 268 g/mol. The number of H-pyrrole nitrogens is 1. The largest absolute Gasteiger partial charge is 0.355 e. The van der Waals surface area contributed by atoms with Crippen LogP contribution >= 0.6 is 0 Å². The van der Waals surface area contributed by atoms with Crippen molar-refractivity contribution in [2.24, 2.45) is 17.6 Å². The van der Waals surface area contributed by atoms with Crippen LogP contribution in [0.2, 0.25) is 0 Å². The van der Waals surface area contributed by atoms with Crippen LogP contribution in [0.5, 0.6) is 0 Å². The van der Waals surface area contributed by atoms with E-state index in [2.05, 4.69) is 18.0 Å². The number of aromatic nitrogens is 1. The van der Waals surface area contributed by atoms with Gasteiger partial charge in [-0.25, -0.2) is 0 Å². The van der Waals surface area contributed by atoms with Gasteiger partial charge in [-0.1, -0.05) is 31.2 Å². The van der Waals surface area contributed by atoms with E-state index in [9.17, 15) is 4.79 Å². The van der Waals surface area contributed by atoms with E-state index in [4.69, 9.17) is 5.73 Å². The van der Waals surface area contributed by atoms with Crippen LogP contribution in [0.4, 0.5) is 0 Å². The summed E-state index contributed by atoms with van der Waals surface area (Å²) in [5.41, 5.74) is 7.05. The number of nitrogens with one attached hydrogen (secondary N) is 1. The summed E-state index contributed by atoms with van der Waals surface area (Å²) < 4.78 is 0. The molecule has 1 fully saturated rings. The van der Waals surface area contributed by atoms with E-state index in [0.29, 0.717) is 11.8 Å². The second-order valence-corrected chi connectivity index (χ2v) is 5.74. The van der Waals surface area contributed by atoms with E-state index in [-0.39, 0.29) is 11.5 Å². The van der Waals surface area contributed by atoms with Crippen molar-refractivity contribution < 1.29 is 0 Å². The number of hydrogen-bond donors (Lipinski definition) is 2. The van der Waals surface area contributed by atoms with Crippen molar-refractivity contribution in [2.45, 2.75) is 26.3 Å². The quantitative estimate of drug-likeness (QED) is 0.813. The van der Waals surface area contributed by atoms with Gasteiger partial charge in [-0.3, -0.25) is 4.79 Å². The molecule has 1 aliphatic carbocycles. The fourth-order valence-corrected chi connectivity index (χ4v) is 3.14. The average molecular weight is 268 g/mol. The Balaban J connectivity index is 2.31. The molecular weight excluding hydrogens is 248 g/mol. The number of fused-ring (bicyclic) bond motifs is 1. The molecule has 2 unspecified atom stereocenters. The summed E-state index contributed by atoms with van der Waals surface area (Å²) in [5.74, 6) is 0.940. The van der Waals surface area contributed by atoms with E-state index in [0.717, 1.165) is 27.9 Å². The fourth-order valence-electron chi connectivity index (χ4n) is 3.14. The maximum atomic E-state index is 12.5. The number of aromatic amines is 1. The number of rotatable bonds is 1. The van der Waals surface area contributed by atoms with E-state index >= 15 is 0 Å². The smallest absolute Gasteiger partial charge is 0.196 e. The molecule has 1 aromatic heterocycles. The van der Waals surface area contributed by atoms with Gasteiger partial charge >= 0.3 is 0 Å². The Morgan fingerprint density at radius 2 is 2.10 bits per heavy atom. The van der Waals surface area contributed by atoms with E-state index in [1.165, 1.54) is 0 Å². The third-order valence-electron chi connectivity index (χ3n) is 4.42. The fraction of sp³-hybridized carbons (Fsp3) is 0.353. The second kappa shape index (κ2) is 4.91. The summed E-state index contributed by atoms with van der Waals surface area (Å²) in [6.07, 6.45) is 5.08. The molecule has 3 heteroatoms. The molecule has 3 rings (SSSR count). The van der Waals surface area contributed by atoms with Gasteiger partial charge in [-0.2, -0.15) is 0 Å². The summed E-state index contributed by atoms with van der Waals surface area (Å²) in [4.78, 5) is 15.9. The van der Waals surface area contributed by atoms with E-state index in [1.54, 1.807) is 0 Å². The first-order chi connectivity index (χ1) is 9.61. The van der Waals surface area contributed by atoms with Crippen molar-refractivity contribution >= 4 is 23.1 Å². The summed E-state index contributed by atoms with van der Waals surface area (Å²) in [6, 6.07) is 7.85. The minimum absolute atomic E-state index is 0.0913. The Bertz CT molecular complexity index is 811. The van der Waals surface area contributed by atoms with Crippen LogP contribution < -0.4 is 21.7 Å². The normalized spacial score (nSPS) is 27.9. The highest BCUT2D eigenvalue weighted by atomic mass is 16.1. The third-order valence-corrected chi connectivity index (χ3v) is 4.42. The molecule has 0 spiro atoms. The predicted molar refractivity (Wildman–Crippen MR) is 83.7 cm³/mol. The molecule has 1 heterocycles. The molecule has 1 aliphatic rings. The Kier molecular flexibility index (Phi) is 3.22. The summed E-state index contributed by atoms with van der Waals surface area (Å²) >= 11 is 0. The Hall–Kier alpha value is -1.87. The zero-order valence-electron chi connectivity index (χ0n) is 11.9. The van der Waals surface area contributed by atoms with Crippen LogP contribution in [-0.2, 0) is 0 Å². The Labute approximate surface area is 117 Å². The molecule has 0 bridgehead atoms. The van der Waals surface area contributed by atoms with Crippen molar-refractivity contribution in [3.05, 3.63) is 45.1 Å². The van der Waals surface area contributed by atoms with Crippen LogP contribution in [0.25, 0.3) is 23.1 Å². The van der Waals surface area contributed by atoms with Gasteiger partial charge in [0.2, 0.25) is 0 Å². The lowest BCUT2D eigenvalue weighted by Gasteiger charge is -2.38. The highest BCUT2D eigenvalue weighted by Gasteiger charge is 2.33. The minimum atomic E-state index is 0.0913. The third kappa shape index (κ3) is 1.98. The Morgan fingerprint density at radius 3 is 2.75 bits per heavy atom. The van der Waals surface area contributed by atoms with E-state index in [1.807, 2.05) is 37.3 Å². The second-order valence-electron chi connectivity index (χ2n) is 5.74. The first-order valence-electron chi connectivity index (χ1n) is 7.16. The first kappa shape index (κ1) is 13.1. The van der Waals surface area contributed by atoms with Gasteiger partial charge < -0.3 is 10.7 Å². The van der Waals surface area contributed by atoms with Gasteiger partial charge in [0.15, 0.2) is 5.43 Å². The average Bonchev–Trinajstić information content (AvgIpc) is 2.45. The maximum Gasteiger partial charge on any atom is 0.196 e. The molecule has 1 saturated carbocycles. The molecule has 1 aromatic carbocycles. The molecule has 2 aromatic rings. The van der Waals surface area contributed by atoms with Crippen LogP contribution in [0.1, 0.15) is 20.3 Å². The number of para-hydroxylation sites is 1. The predicted octanol–water partition coefficient (Wildman–Crippen LogP) is 1.09. The topological polar surface area (TPSA) is 58.9 Å². The van der Waals surface area contributed by atoms with Crippen LogP contribution in [0.15, 0.2) is 29.1 Å². The van der Waals surface area contributed by atoms with Gasteiger partial charge in [0.05, 0.1) is 0 Å². The number of benzene rings is 1. The van der Waals surface area contributed by atoms with Gasteiger partial charge in [-0.15, -0.1) is 0 Å². The minimum Gasteiger partial charge on any atom is -0.355 e. The van der Waals surface area contributed by atoms with Crippen molar-refractivity contribution in [1.29, 1.82) is 0 Å². The van der Waals surface area contributed by atoms with E-state index < -0.39 is 0 Å². The number of hydrogen-bond acceptors (Lipinski definition) is 2. The maximum absolute atomic E-state index is 12.5. The van der Waals surface area contributed by atoms with Gasteiger partial charge in [0, 0.05) is 27.5 Å². The van der Waals surface area contributed by atoms with Crippen molar-refractivity contribution in [2.75, 3.05) is 0 Å². The summed E-state index contributed by atoms with van der Waals surface area (Å²) in [7, 11) is 0. The van der Waals surface area contributed by atoms with Crippen LogP contribution in [0, 0.1) is 11.8 Å². The molecule has 3 atom stereocenters. The lowest BCUT2D eigenvalue weighted by Crippen LogP contribution is -2.48. The lowest BCUT2D eigenvalue weighted by molar-refractivity contribution is 0.217. The molecule has 0 radical (unpaired) electrons. The lowest BCUT2D eigenvalue weighted by atomic mass is 9.70. The summed E-state index contributed by atoms with van der Waals surface area (Å²) in [6.45, 7) is 4.11. The highest BCUT2D eigenvalue weighted by molar-refractivity contribution is 5.78. The molecular formula is C17H20N2O. The van der Waals surface area contributed by atoms with Gasteiger partial charge in [-0.05, 0) is 37.3 Å². The number of nitrogens with two attached hydrogens (primary N) is 1. The van der Waals surface area contributed by atoms with Gasteiger partial charge in [0.25, 0.3) is 0 Å². The molecule has 3 nitrogen and oxygen atoms in total. The van der Waals surface area contributed by atoms with Crippen LogP contribution in [0.3, 0.4) is 0 Å². The van der Waals surface area contributed by atoms with Gasteiger partial charge in [0.1, 0.15) is 0 Å². The zero-order valence-corrected chi connectivity index (χ0v) is 11.9. The molecule has 104 valence electrons. The van der Waals surface area contributed by atoms with Crippen molar-refractivity contribution in [3.63, 3.8) is 0 Å². The Morgan fingerprint density at radius 1 is 1.35 bits per heavy atom. The molecule has 3 N–H and O–H groups in total. The molecule has 0 amide bonds. The standard InChI is InChI=1S/C17H20N2O/c1-3-11-16(9-13-10(2)8-14(13)18)19-15-7-5-4-6-12(15)17(11)20/h3-7,9-10,13-14,19H,8,18H2,1-2H3/b11-3+,16-9+/t10?,13-,14?/m0/s1. The molecule has 0 saturated heterocycles. The molecule has 20 heavy (non-hydrogen) atoms. The summed E-state index contributed by atoms with van der Waals surface area (Å²) in [5, 5.41) is 2.39. The number of pyridine rings is 1. The van der Waals surface area contributed by atoms with Crippen LogP contribution in [-0.4, -0.2) is 11.0 Å². The zero-order chi connectivity index (χ0) is 14.3. The highest BCUT2D eigenvalue weighted by Crippen LogP contribution is 2.33.